The molecule has 5 rings (SSSR count). The van der Waals surface area contributed by atoms with Gasteiger partial charge >= 0.3 is 5.97 Å². The average molecular weight is 508 g/mol. The minimum atomic E-state index is -0.544. The van der Waals surface area contributed by atoms with Gasteiger partial charge in [0.15, 0.2) is 0 Å². The third-order valence-corrected chi connectivity index (χ3v) is 11.4. The Morgan fingerprint density at radius 1 is 1.16 bits per heavy atom. The fourth-order valence-corrected chi connectivity index (χ4v) is 9.46. The summed E-state index contributed by atoms with van der Waals surface area (Å²) >= 11 is 0. The number of carbonyl (C=O) groups excluding carboxylic acids is 1. The van der Waals surface area contributed by atoms with E-state index in [1.807, 2.05) is 26.0 Å². The van der Waals surface area contributed by atoms with Crippen LogP contribution in [-0.2, 0) is 4.74 Å². The molecule has 204 valence electrons. The molecule has 0 aromatic carbocycles. The highest BCUT2D eigenvalue weighted by molar-refractivity contribution is 5.87. The SMILES string of the molecule is CC(CCCC(C)(C)O)[C@H]1CC[C@H]2[C@@H]3CC=C4C[C@@H](OC(=O)c5ccccn5)CC[C@]4(C)[C@H]3CC[C@]12C. The molecule has 0 radical (unpaired) electrons. The minimum Gasteiger partial charge on any atom is -0.457 e. The van der Waals surface area contributed by atoms with Gasteiger partial charge in [-0.25, -0.2) is 9.78 Å². The summed E-state index contributed by atoms with van der Waals surface area (Å²) in [6.07, 6.45) is 17.1. The fraction of sp³-hybridized carbons (Fsp3) is 0.758. The van der Waals surface area contributed by atoms with Crippen LogP contribution in [0.5, 0.6) is 0 Å². The van der Waals surface area contributed by atoms with Crippen LogP contribution in [0.25, 0.3) is 0 Å². The van der Waals surface area contributed by atoms with Gasteiger partial charge in [-0.15, -0.1) is 0 Å². The second-order valence-electron chi connectivity index (χ2n) is 14.2. The molecule has 4 aliphatic carbocycles. The lowest BCUT2D eigenvalue weighted by molar-refractivity contribution is -0.0597. The topological polar surface area (TPSA) is 59.4 Å². The second kappa shape index (κ2) is 10.1. The summed E-state index contributed by atoms with van der Waals surface area (Å²) in [4.78, 5) is 16.8. The molecule has 1 N–H and O–H groups in total. The summed E-state index contributed by atoms with van der Waals surface area (Å²) in [7, 11) is 0. The van der Waals surface area contributed by atoms with Crippen molar-refractivity contribution in [2.24, 2.45) is 40.4 Å². The molecular formula is C33H49NO3. The van der Waals surface area contributed by atoms with E-state index in [-0.39, 0.29) is 17.5 Å². The fourth-order valence-electron chi connectivity index (χ4n) is 9.46. The molecule has 0 saturated heterocycles. The molecule has 1 aromatic heterocycles. The van der Waals surface area contributed by atoms with Crippen molar-refractivity contribution in [3.63, 3.8) is 0 Å². The van der Waals surface area contributed by atoms with E-state index in [0.717, 1.165) is 61.7 Å². The van der Waals surface area contributed by atoms with Crippen LogP contribution in [0.1, 0.15) is 116 Å². The van der Waals surface area contributed by atoms with Crippen LogP contribution in [0, 0.1) is 40.4 Å². The third kappa shape index (κ3) is 5.16. The lowest BCUT2D eigenvalue weighted by atomic mass is 9.47. The highest BCUT2D eigenvalue weighted by atomic mass is 16.5. The molecule has 1 heterocycles. The Kier molecular flexibility index (Phi) is 7.37. The Labute approximate surface area is 224 Å². The number of aromatic nitrogens is 1. The van der Waals surface area contributed by atoms with Gasteiger partial charge < -0.3 is 9.84 Å². The number of fused-ring (bicyclic) bond motifs is 5. The van der Waals surface area contributed by atoms with Gasteiger partial charge in [0.1, 0.15) is 11.8 Å². The molecule has 8 atom stereocenters. The van der Waals surface area contributed by atoms with Gasteiger partial charge in [-0.3, -0.25) is 0 Å². The number of hydrogen-bond acceptors (Lipinski definition) is 4. The number of rotatable bonds is 7. The second-order valence-corrected chi connectivity index (χ2v) is 14.2. The Bertz CT molecular complexity index is 997. The number of esters is 1. The van der Waals surface area contributed by atoms with E-state index < -0.39 is 5.60 Å². The van der Waals surface area contributed by atoms with Crippen LogP contribution < -0.4 is 0 Å². The number of pyridine rings is 1. The quantitative estimate of drug-likeness (QED) is 0.303. The van der Waals surface area contributed by atoms with Crippen LogP contribution in [0.4, 0.5) is 0 Å². The van der Waals surface area contributed by atoms with Crippen LogP contribution in [0.15, 0.2) is 36.0 Å². The minimum absolute atomic E-state index is 0.0279. The zero-order valence-electron chi connectivity index (χ0n) is 23.8. The van der Waals surface area contributed by atoms with E-state index in [0.29, 0.717) is 11.1 Å². The number of hydrogen-bond donors (Lipinski definition) is 1. The smallest absolute Gasteiger partial charge is 0.357 e. The Morgan fingerprint density at radius 3 is 2.70 bits per heavy atom. The summed E-state index contributed by atoms with van der Waals surface area (Å²) in [6.45, 7) is 11.5. The molecule has 1 aromatic rings. The van der Waals surface area contributed by atoms with Crippen molar-refractivity contribution < 1.29 is 14.6 Å². The van der Waals surface area contributed by atoms with Crippen molar-refractivity contribution in [2.45, 2.75) is 117 Å². The molecule has 0 aliphatic heterocycles. The van der Waals surface area contributed by atoms with E-state index in [1.54, 1.807) is 17.8 Å². The lowest BCUT2D eigenvalue weighted by Crippen LogP contribution is -2.51. The van der Waals surface area contributed by atoms with Gasteiger partial charge in [0.2, 0.25) is 0 Å². The summed E-state index contributed by atoms with van der Waals surface area (Å²) in [5.41, 5.74) is 2.14. The molecule has 0 spiro atoms. The van der Waals surface area contributed by atoms with E-state index in [9.17, 15) is 9.90 Å². The van der Waals surface area contributed by atoms with Gasteiger partial charge in [-0.2, -0.15) is 0 Å². The first-order valence-corrected chi connectivity index (χ1v) is 15.1. The number of aliphatic hydroxyl groups is 1. The van der Waals surface area contributed by atoms with Gasteiger partial charge in [0.25, 0.3) is 0 Å². The monoisotopic (exact) mass is 507 g/mol. The molecular weight excluding hydrogens is 458 g/mol. The van der Waals surface area contributed by atoms with E-state index in [2.05, 4.69) is 31.8 Å². The van der Waals surface area contributed by atoms with Crippen molar-refractivity contribution in [1.82, 2.24) is 4.98 Å². The molecule has 37 heavy (non-hydrogen) atoms. The normalized spacial score (nSPS) is 38.1. The van der Waals surface area contributed by atoms with Crippen LogP contribution in [0.2, 0.25) is 0 Å². The number of ether oxygens (including phenoxy) is 1. The van der Waals surface area contributed by atoms with Crippen molar-refractivity contribution in [1.29, 1.82) is 0 Å². The molecule has 3 fully saturated rings. The average Bonchev–Trinajstić information content (AvgIpc) is 3.21. The van der Waals surface area contributed by atoms with Gasteiger partial charge in [0.05, 0.1) is 5.60 Å². The van der Waals surface area contributed by atoms with Crippen molar-refractivity contribution in [2.75, 3.05) is 0 Å². The zero-order valence-corrected chi connectivity index (χ0v) is 23.8. The van der Waals surface area contributed by atoms with Crippen LogP contribution >= 0.6 is 0 Å². The van der Waals surface area contributed by atoms with E-state index >= 15 is 0 Å². The largest absolute Gasteiger partial charge is 0.457 e. The molecule has 4 nitrogen and oxygen atoms in total. The molecule has 0 amide bonds. The predicted molar refractivity (Wildman–Crippen MR) is 148 cm³/mol. The third-order valence-electron chi connectivity index (χ3n) is 11.4. The number of allylic oxidation sites excluding steroid dienone is 1. The Morgan fingerprint density at radius 2 is 1.97 bits per heavy atom. The molecule has 1 unspecified atom stereocenters. The van der Waals surface area contributed by atoms with Crippen molar-refractivity contribution in [3.8, 4) is 0 Å². The standard InChI is InChI=1S/C33H49NO3/c1-22(9-8-17-31(2,3)36)26-13-14-27-25-12-11-23-21-24(37-30(35)29-10-6-7-20-34-29)15-18-32(23,4)28(25)16-19-33(26,27)5/h6-7,10-11,20,22,24-28,36H,8-9,12-19,21H2,1-5H3/t22?,24-,25-,26+,27-,28-,32-,33+/m0/s1. The maximum atomic E-state index is 12.6. The van der Waals surface area contributed by atoms with Crippen LogP contribution in [0.3, 0.4) is 0 Å². The van der Waals surface area contributed by atoms with Gasteiger partial charge in [0, 0.05) is 12.6 Å². The first-order chi connectivity index (χ1) is 17.5. The van der Waals surface area contributed by atoms with Gasteiger partial charge in [-0.1, -0.05) is 51.3 Å². The van der Waals surface area contributed by atoms with Crippen molar-refractivity contribution in [3.05, 3.63) is 41.7 Å². The molecule has 3 saturated carbocycles. The molecule has 4 aliphatic rings. The van der Waals surface area contributed by atoms with E-state index in [4.69, 9.17) is 4.74 Å². The summed E-state index contributed by atoms with van der Waals surface area (Å²) in [6, 6.07) is 5.40. The first kappa shape index (κ1) is 26.9. The highest BCUT2D eigenvalue weighted by Gasteiger charge is 2.59. The first-order valence-electron chi connectivity index (χ1n) is 15.1. The number of carbonyl (C=O) groups is 1. The Hall–Kier alpha value is -1.68. The Balaban J connectivity index is 1.24. The lowest BCUT2D eigenvalue weighted by Gasteiger charge is -2.58. The zero-order chi connectivity index (χ0) is 26.4. The molecule has 4 heteroatoms. The van der Waals surface area contributed by atoms with Crippen LogP contribution in [-0.4, -0.2) is 27.8 Å². The summed E-state index contributed by atoms with van der Waals surface area (Å²) < 4.78 is 5.93. The van der Waals surface area contributed by atoms with Gasteiger partial charge in [-0.05, 0) is 118 Å². The highest BCUT2D eigenvalue weighted by Crippen LogP contribution is 2.67. The van der Waals surface area contributed by atoms with E-state index in [1.165, 1.54) is 38.5 Å². The predicted octanol–water partition coefficient (Wildman–Crippen LogP) is 7.76. The number of nitrogens with zero attached hydrogens (tertiary/aromatic N) is 1. The maximum absolute atomic E-state index is 12.6. The summed E-state index contributed by atoms with van der Waals surface area (Å²) in [5, 5.41) is 10.2. The maximum Gasteiger partial charge on any atom is 0.357 e. The molecule has 0 bridgehead atoms. The van der Waals surface area contributed by atoms with Crippen molar-refractivity contribution >= 4 is 5.97 Å². The summed E-state index contributed by atoms with van der Waals surface area (Å²) in [5.74, 6) is 3.67.